The van der Waals surface area contributed by atoms with Crippen LogP contribution in [-0.2, 0) is 22.5 Å². The molecule has 0 saturated heterocycles. The second-order valence-corrected chi connectivity index (χ2v) is 6.55. The van der Waals surface area contributed by atoms with Gasteiger partial charge in [-0.15, -0.1) is 0 Å². The molecule has 1 aliphatic heterocycles. The van der Waals surface area contributed by atoms with Crippen LogP contribution in [0.15, 0.2) is 24.3 Å². The highest BCUT2D eigenvalue weighted by Gasteiger charge is 2.29. The van der Waals surface area contributed by atoms with Crippen LogP contribution in [0.4, 0.5) is 0 Å². The molecule has 0 aliphatic carbocycles. The molecule has 1 aliphatic rings. The minimum atomic E-state index is -0.859. The Bertz CT molecular complexity index is 841. The minimum Gasteiger partial charge on any atom is -0.463 e. The van der Waals surface area contributed by atoms with Crippen LogP contribution in [0.3, 0.4) is 0 Å². The summed E-state index contributed by atoms with van der Waals surface area (Å²) in [5.41, 5.74) is 5.84. The normalized spacial score (nSPS) is 14.1. The average Bonchev–Trinajstić information content (AvgIpc) is 2.60. The van der Waals surface area contributed by atoms with Gasteiger partial charge in [0, 0.05) is 36.5 Å². The molecule has 0 N–H and O–H groups in total. The van der Waals surface area contributed by atoms with Crippen molar-refractivity contribution in [2.45, 2.75) is 26.8 Å². The van der Waals surface area contributed by atoms with Crippen molar-refractivity contribution < 1.29 is 14.3 Å². The fourth-order valence-electron chi connectivity index (χ4n) is 3.34. The van der Waals surface area contributed by atoms with E-state index in [1.165, 1.54) is 7.11 Å². The van der Waals surface area contributed by atoms with E-state index in [1.807, 2.05) is 38.2 Å². The number of hydrogen-bond donors (Lipinski definition) is 0. The number of fused-ring (bicyclic) bond motifs is 1. The van der Waals surface area contributed by atoms with E-state index in [0.717, 1.165) is 40.9 Å². The van der Waals surface area contributed by atoms with Gasteiger partial charge in [0.1, 0.15) is 0 Å². The molecule has 0 bridgehead atoms. The molecule has 130 valence electrons. The first kappa shape index (κ1) is 17.3. The number of carbonyl (C=O) groups excluding carboxylic acids is 2. The zero-order valence-electron chi connectivity index (χ0n) is 15.0. The van der Waals surface area contributed by atoms with Gasteiger partial charge in [-0.3, -0.25) is 9.78 Å². The lowest BCUT2D eigenvalue weighted by atomic mass is 9.88. The zero-order valence-corrected chi connectivity index (χ0v) is 15.0. The second-order valence-electron chi connectivity index (χ2n) is 6.55. The van der Waals surface area contributed by atoms with Crippen molar-refractivity contribution >= 4 is 11.8 Å². The maximum atomic E-state index is 12.7. The number of aromatic nitrogens is 1. The van der Waals surface area contributed by atoms with Crippen LogP contribution in [0.2, 0.25) is 0 Å². The van der Waals surface area contributed by atoms with Gasteiger partial charge in [-0.25, -0.2) is 4.79 Å². The molecule has 0 fully saturated rings. The Morgan fingerprint density at radius 2 is 1.84 bits per heavy atom. The van der Waals surface area contributed by atoms with E-state index in [9.17, 15) is 9.59 Å². The Hall–Kier alpha value is -2.53. The highest BCUT2D eigenvalue weighted by atomic mass is 16.5. The largest absolute Gasteiger partial charge is 0.463 e. The standard InChI is InChI=1S/C20H22N2O3/c1-12-5-7-14(8-6-12)18-15-11-22(3)10-9-16(15)21-13(2)17(18)19(23)20(24)25-4/h5-8H,9-11H2,1-4H3. The Morgan fingerprint density at radius 3 is 2.48 bits per heavy atom. The van der Waals surface area contributed by atoms with Crippen LogP contribution in [0.1, 0.15) is 32.9 Å². The van der Waals surface area contributed by atoms with Crippen LogP contribution in [0.5, 0.6) is 0 Å². The van der Waals surface area contributed by atoms with Gasteiger partial charge in [0.15, 0.2) is 0 Å². The molecule has 2 heterocycles. The molecule has 2 aromatic rings. The third-order valence-electron chi connectivity index (χ3n) is 4.66. The lowest BCUT2D eigenvalue weighted by molar-refractivity contribution is -0.135. The van der Waals surface area contributed by atoms with Gasteiger partial charge in [0.25, 0.3) is 5.78 Å². The van der Waals surface area contributed by atoms with Gasteiger partial charge in [0.2, 0.25) is 0 Å². The van der Waals surface area contributed by atoms with E-state index in [0.29, 0.717) is 17.8 Å². The smallest absolute Gasteiger partial charge is 0.379 e. The van der Waals surface area contributed by atoms with Crippen LogP contribution < -0.4 is 0 Å². The lowest BCUT2D eigenvalue weighted by Crippen LogP contribution is -2.30. The predicted octanol–water partition coefficient (Wildman–Crippen LogP) is 2.71. The first-order chi connectivity index (χ1) is 11.9. The number of ether oxygens (including phenoxy) is 1. The Kier molecular flexibility index (Phi) is 4.68. The molecule has 0 unspecified atom stereocenters. The van der Waals surface area contributed by atoms with E-state index in [2.05, 4.69) is 14.6 Å². The number of benzene rings is 1. The van der Waals surface area contributed by atoms with Gasteiger partial charge in [-0.05, 0) is 32.0 Å². The first-order valence-electron chi connectivity index (χ1n) is 8.33. The van der Waals surface area contributed by atoms with Gasteiger partial charge in [0.05, 0.1) is 12.7 Å². The number of carbonyl (C=O) groups is 2. The lowest BCUT2D eigenvalue weighted by Gasteiger charge is -2.28. The summed E-state index contributed by atoms with van der Waals surface area (Å²) < 4.78 is 4.67. The monoisotopic (exact) mass is 338 g/mol. The maximum absolute atomic E-state index is 12.7. The van der Waals surface area contributed by atoms with Crippen LogP contribution in [-0.4, -0.2) is 42.3 Å². The molecule has 0 radical (unpaired) electrons. The molecule has 3 rings (SSSR count). The molecule has 0 spiro atoms. The summed E-state index contributed by atoms with van der Waals surface area (Å²) in [6.45, 7) is 5.43. The number of ketones is 1. The van der Waals surface area contributed by atoms with E-state index >= 15 is 0 Å². The van der Waals surface area contributed by atoms with Crippen LogP contribution >= 0.6 is 0 Å². The summed E-state index contributed by atoms with van der Waals surface area (Å²) in [4.78, 5) is 31.5. The number of likely N-dealkylation sites (N-methyl/N-ethyl adjacent to an activating group) is 1. The SMILES string of the molecule is COC(=O)C(=O)c1c(C)nc2c(c1-c1ccc(C)cc1)CN(C)CC2. The third-order valence-corrected chi connectivity index (χ3v) is 4.66. The molecule has 25 heavy (non-hydrogen) atoms. The quantitative estimate of drug-likeness (QED) is 0.489. The minimum absolute atomic E-state index is 0.352. The molecule has 1 aromatic heterocycles. The summed E-state index contributed by atoms with van der Waals surface area (Å²) >= 11 is 0. The zero-order chi connectivity index (χ0) is 18.1. The molecule has 0 amide bonds. The number of methoxy groups -OCH3 is 1. The topological polar surface area (TPSA) is 59.5 Å². The van der Waals surface area contributed by atoms with E-state index in [4.69, 9.17) is 0 Å². The van der Waals surface area contributed by atoms with Gasteiger partial charge in [-0.2, -0.15) is 0 Å². The Balaban J connectivity index is 2.30. The van der Waals surface area contributed by atoms with Crippen molar-refractivity contribution in [1.29, 1.82) is 0 Å². The first-order valence-corrected chi connectivity index (χ1v) is 8.33. The van der Waals surface area contributed by atoms with E-state index in [1.54, 1.807) is 6.92 Å². The molecule has 1 aromatic carbocycles. The fourth-order valence-corrected chi connectivity index (χ4v) is 3.34. The van der Waals surface area contributed by atoms with E-state index in [-0.39, 0.29) is 0 Å². The molecule has 5 heteroatoms. The van der Waals surface area contributed by atoms with Crippen molar-refractivity contribution in [1.82, 2.24) is 9.88 Å². The number of pyridine rings is 1. The van der Waals surface area contributed by atoms with Crippen molar-refractivity contribution in [3.05, 3.63) is 52.3 Å². The van der Waals surface area contributed by atoms with Crippen molar-refractivity contribution in [3.8, 4) is 11.1 Å². The molecule has 0 saturated carbocycles. The van der Waals surface area contributed by atoms with Crippen molar-refractivity contribution in [2.24, 2.45) is 0 Å². The Labute approximate surface area is 147 Å². The third kappa shape index (κ3) is 3.20. The van der Waals surface area contributed by atoms with Gasteiger partial charge in [-0.1, -0.05) is 29.8 Å². The van der Waals surface area contributed by atoms with Gasteiger partial charge < -0.3 is 9.64 Å². The number of nitrogens with zero attached hydrogens (tertiary/aromatic N) is 2. The number of hydrogen-bond acceptors (Lipinski definition) is 5. The highest BCUT2D eigenvalue weighted by Crippen LogP contribution is 2.34. The molecule has 5 nitrogen and oxygen atoms in total. The number of aryl methyl sites for hydroxylation is 2. The summed E-state index contributed by atoms with van der Waals surface area (Å²) in [6.07, 6.45) is 0.832. The maximum Gasteiger partial charge on any atom is 0.379 e. The number of esters is 1. The second kappa shape index (κ2) is 6.76. The summed E-state index contributed by atoms with van der Waals surface area (Å²) in [5.74, 6) is -1.50. The summed E-state index contributed by atoms with van der Waals surface area (Å²) in [7, 11) is 3.27. The predicted molar refractivity (Wildman–Crippen MR) is 95.5 cm³/mol. The molecular formula is C20H22N2O3. The highest BCUT2D eigenvalue weighted by molar-refractivity contribution is 6.42. The fraction of sp³-hybridized carbons (Fsp3) is 0.350. The Morgan fingerprint density at radius 1 is 1.16 bits per heavy atom. The van der Waals surface area contributed by atoms with Crippen molar-refractivity contribution in [3.63, 3.8) is 0 Å². The number of Topliss-reactive ketones (excluding diaryl/α,β-unsaturated/α-hetero) is 1. The average molecular weight is 338 g/mol. The molecule has 0 atom stereocenters. The summed E-state index contributed by atoms with van der Waals surface area (Å²) in [5, 5.41) is 0. The van der Waals surface area contributed by atoms with Crippen LogP contribution in [0.25, 0.3) is 11.1 Å². The van der Waals surface area contributed by atoms with Crippen molar-refractivity contribution in [2.75, 3.05) is 20.7 Å². The molecular weight excluding hydrogens is 316 g/mol. The van der Waals surface area contributed by atoms with Crippen LogP contribution in [0, 0.1) is 13.8 Å². The van der Waals surface area contributed by atoms with E-state index < -0.39 is 11.8 Å². The number of rotatable bonds is 3. The van der Waals surface area contributed by atoms with Gasteiger partial charge >= 0.3 is 5.97 Å². The summed E-state index contributed by atoms with van der Waals surface area (Å²) in [6, 6.07) is 8.01.